The molecule has 0 fully saturated rings. The Morgan fingerprint density at radius 2 is 1.44 bits per heavy atom. The van der Waals surface area contributed by atoms with E-state index in [2.05, 4.69) is 72.8 Å². The number of nitrogens with zero attached hydrogens (tertiary/aromatic N) is 1. The van der Waals surface area contributed by atoms with Crippen LogP contribution in [0.25, 0.3) is 21.5 Å². The molecular formula is C23H18N2. The highest BCUT2D eigenvalue weighted by Crippen LogP contribution is 2.42. The van der Waals surface area contributed by atoms with Gasteiger partial charge in [-0.3, -0.25) is 4.99 Å². The number of aliphatic imine (C=N–C) groups is 1. The first-order valence-electron chi connectivity index (χ1n) is 8.64. The molecule has 0 aromatic heterocycles. The minimum atomic E-state index is 0.555. The van der Waals surface area contributed by atoms with Gasteiger partial charge in [-0.15, -0.1) is 0 Å². The van der Waals surface area contributed by atoms with Crippen molar-refractivity contribution in [2.75, 3.05) is 0 Å². The molecule has 1 aliphatic rings. The van der Waals surface area contributed by atoms with Gasteiger partial charge in [0.2, 0.25) is 0 Å². The van der Waals surface area contributed by atoms with Gasteiger partial charge in [-0.2, -0.15) is 0 Å². The third-order valence-corrected chi connectivity index (χ3v) is 5.10. The molecule has 0 aliphatic carbocycles. The van der Waals surface area contributed by atoms with E-state index in [9.17, 15) is 0 Å². The van der Waals surface area contributed by atoms with Gasteiger partial charge in [-0.05, 0) is 38.9 Å². The van der Waals surface area contributed by atoms with E-state index in [1.54, 1.807) is 0 Å². The van der Waals surface area contributed by atoms with Crippen molar-refractivity contribution < 1.29 is 0 Å². The highest BCUT2D eigenvalue weighted by molar-refractivity contribution is 6.20. The predicted octanol–water partition coefficient (Wildman–Crippen LogP) is 5.13. The zero-order valence-electron chi connectivity index (χ0n) is 13.9. The summed E-state index contributed by atoms with van der Waals surface area (Å²) in [6.07, 6.45) is 0.870. The standard InChI is InChI=1S/C23H18N2/c24-14-15-6-5-7-16(12-15)22-13-21-19-10-2-1-8-17(19)18-9-3-4-11-20(18)23(21)25-22/h1-12H,13-14,24H2. The molecule has 0 amide bonds. The Morgan fingerprint density at radius 3 is 2.20 bits per heavy atom. The lowest BCUT2D eigenvalue weighted by Gasteiger charge is -2.10. The maximum Gasteiger partial charge on any atom is 0.0754 e. The third kappa shape index (κ3) is 2.19. The van der Waals surface area contributed by atoms with Gasteiger partial charge in [0.05, 0.1) is 11.4 Å². The molecule has 4 aromatic carbocycles. The monoisotopic (exact) mass is 322 g/mol. The Bertz CT molecular complexity index is 1160. The van der Waals surface area contributed by atoms with Crippen LogP contribution < -0.4 is 5.73 Å². The van der Waals surface area contributed by atoms with E-state index < -0.39 is 0 Å². The topological polar surface area (TPSA) is 38.4 Å². The van der Waals surface area contributed by atoms with E-state index in [4.69, 9.17) is 10.7 Å². The zero-order valence-corrected chi connectivity index (χ0v) is 13.9. The molecule has 2 nitrogen and oxygen atoms in total. The molecule has 0 radical (unpaired) electrons. The first-order valence-corrected chi connectivity index (χ1v) is 8.64. The van der Waals surface area contributed by atoms with Crippen molar-refractivity contribution in [3.8, 4) is 0 Å². The van der Waals surface area contributed by atoms with Crippen LogP contribution in [0.15, 0.2) is 77.8 Å². The Morgan fingerprint density at radius 1 is 0.760 bits per heavy atom. The summed E-state index contributed by atoms with van der Waals surface area (Å²) in [5.41, 5.74) is 11.7. The molecule has 2 heteroatoms. The largest absolute Gasteiger partial charge is 0.326 e. The van der Waals surface area contributed by atoms with Crippen LogP contribution in [0.3, 0.4) is 0 Å². The molecule has 0 spiro atoms. The van der Waals surface area contributed by atoms with Crippen molar-refractivity contribution in [3.63, 3.8) is 0 Å². The Balaban J connectivity index is 1.78. The first-order chi connectivity index (χ1) is 12.3. The number of hydrogen-bond acceptors (Lipinski definition) is 2. The summed E-state index contributed by atoms with van der Waals surface area (Å²) in [5.74, 6) is 0. The molecule has 0 atom stereocenters. The Labute approximate surface area is 146 Å². The predicted molar refractivity (Wildman–Crippen MR) is 106 cm³/mol. The van der Waals surface area contributed by atoms with E-state index >= 15 is 0 Å². The van der Waals surface area contributed by atoms with Gasteiger partial charge in [-0.25, -0.2) is 0 Å². The summed E-state index contributed by atoms with van der Waals surface area (Å²) >= 11 is 0. The Hall–Kier alpha value is -2.97. The average molecular weight is 322 g/mol. The van der Waals surface area contributed by atoms with Crippen LogP contribution in [0.2, 0.25) is 0 Å². The zero-order chi connectivity index (χ0) is 16.8. The first kappa shape index (κ1) is 14.4. The molecular weight excluding hydrogens is 304 g/mol. The van der Waals surface area contributed by atoms with Crippen molar-refractivity contribution in [2.45, 2.75) is 13.0 Å². The minimum absolute atomic E-state index is 0.555. The number of hydrogen-bond donors (Lipinski definition) is 1. The maximum atomic E-state index is 5.81. The van der Waals surface area contributed by atoms with E-state index in [0.29, 0.717) is 6.54 Å². The fourth-order valence-corrected chi connectivity index (χ4v) is 3.89. The minimum Gasteiger partial charge on any atom is -0.326 e. The average Bonchev–Trinajstić information content (AvgIpc) is 3.14. The molecule has 1 heterocycles. The van der Waals surface area contributed by atoms with Crippen molar-refractivity contribution >= 4 is 32.9 Å². The summed E-state index contributed by atoms with van der Waals surface area (Å²) in [7, 11) is 0. The summed E-state index contributed by atoms with van der Waals surface area (Å²) in [5, 5.41) is 5.13. The van der Waals surface area contributed by atoms with Gasteiger partial charge in [0.1, 0.15) is 0 Å². The van der Waals surface area contributed by atoms with Crippen molar-refractivity contribution in [2.24, 2.45) is 10.7 Å². The summed E-state index contributed by atoms with van der Waals surface area (Å²) < 4.78 is 0. The molecule has 0 bridgehead atoms. The molecule has 4 aromatic rings. The SMILES string of the molecule is NCc1cccc(C2=Nc3c(c4ccccc4c4ccccc34)C2)c1. The molecule has 5 rings (SSSR count). The number of fused-ring (bicyclic) bond motifs is 6. The quantitative estimate of drug-likeness (QED) is 0.511. The fraction of sp³-hybridized carbons (Fsp3) is 0.0870. The van der Waals surface area contributed by atoms with E-state index in [1.165, 1.54) is 32.7 Å². The molecule has 25 heavy (non-hydrogen) atoms. The lowest BCUT2D eigenvalue weighted by Crippen LogP contribution is -2.03. The third-order valence-electron chi connectivity index (χ3n) is 5.10. The van der Waals surface area contributed by atoms with Crippen LogP contribution in [-0.4, -0.2) is 5.71 Å². The fourth-order valence-electron chi connectivity index (χ4n) is 3.89. The van der Waals surface area contributed by atoms with Gasteiger partial charge in [0.25, 0.3) is 0 Å². The van der Waals surface area contributed by atoms with Crippen molar-refractivity contribution in [1.29, 1.82) is 0 Å². The van der Waals surface area contributed by atoms with Crippen LogP contribution in [0.4, 0.5) is 5.69 Å². The summed E-state index contributed by atoms with van der Waals surface area (Å²) in [6, 6.07) is 25.7. The van der Waals surface area contributed by atoms with Crippen molar-refractivity contribution in [3.05, 3.63) is 89.5 Å². The molecule has 2 N–H and O–H groups in total. The van der Waals surface area contributed by atoms with Crippen molar-refractivity contribution in [1.82, 2.24) is 0 Å². The highest BCUT2D eigenvalue weighted by Gasteiger charge is 2.21. The molecule has 1 aliphatic heterocycles. The van der Waals surface area contributed by atoms with Gasteiger partial charge < -0.3 is 5.73 Å². The van der Waals surface area contributed by atoms with Crippen LogP contribution in [0.1, 0.15) is 16.7 Å². The van der Waals surface area contributed by atoms with Crippen LogP contribution in [0.5, 0.6) is 0 Å². The molecule has 0 saturated heterocycles. The smallest absolute Gasteiger partial charge is 0.0754 e. The second kappa shape index (κ2) is 5.54. The van der Waals surface area contributed by atoms with Gasteiger partial charge in [0, 0.05) is 18.4 Å². The van der Waals surface area contributed by atoms with E-state index in [-0.39, 0.29) is 0 Å². The number of rotatable bonds is 2. The molecule has 120 valence electrons. The van der Waals surface area contributed by atoms with Gasteiger partial charge >= 0.3 is 0 Å². The molecule has 0 unspecified atom stereocenters. The maximum absolute atomic E-state index is 5.81. The second-order valence-corrected chi connectivity index (χ2v) is 6.56. The van der Waals surface area contributed by atoms with Gasteiger partial charge in [0.15, 0.2) is 0 Å². The number of nitrogens with two attached hydrogens (primary N) is 1. The van der Waals surface area contributed by atoms with Crippen LogP contribution in [0, 0.1) is 0 Å². The summed E-state index contributed by atoms with van der Waals surface area (Å²) in [6.45, 7) is 0.555. The van der Waals surface area contributed by atoms with Crippen LogP contribution in [-0.2, 0) is 13.0 Å². The number of benzene rings is 4. The highest BCUT2D eigenvalue weighted by atomic mass is 14.8. The molecule has 0 saturated carbocycles. The van der Waals surface area contributed by atoms with Crippen LogP contribution >= 0.6 is 0 Å². The van der Waals surface area contributed by atoms with Gasteiger partial charge in [-0.1, -0.05) is 66.7 Å². The summed E-state index contributed by atoms with van der Waals surface area (Å²) in [4.78, 5) is 5.05. The lowest BCUT2D eigenvalue weighted by atomic mass is 9.93. The second-order valence-electron chi connectivity index (χ2n) is 6.56. The Kier molecular flexibility index (Phi) is 3.19. The van der Waals surface area contributed by atoms with E-state index in [1.807, 2.05) is 0 Å². The normalized spacial score (nSPS) is 13.2. The lowest BCUT2D eigenvalue weighted by molar-refractivity contribution is 1.07. The van der Waals surface area contributed by atoms with E-state index in [0.717, 1.165) is 23.4 Å².